The number of anilines is 1. The van der Waals surface area contributed by atoms with Crippen molar-refractivity contribution in [1.82, 2.24) is 15.2 Å². The van der Waals surface area contributed by atoms with E-state index in [1.54, 1.807) is 17.5 Å². The molecule has 0 aromatic carbocycles. The summed E-state index contributed by atoms with van der Waals surface area (Å²) >= 11 is 1.64. The van der Waals surface area contributed by atoms with Crippen LogP contribution in [0.25, 0.3) is 0 Å². The summed E-state index contributed by atoms with van der Waals surface area (Å²) in [4.78, 5) is 15.5. The van der Waals surface area contributed by atoms with Crippen LogP contribution in [-0.4, -0.2) is 63.8 Å². The second kappa shape index (κ2) is 8.91. The number of morpholine rings is 1. The second-order valence-electron chi connectivity index (χ2n) is 6.40. The molecule has 3 atom stereocenters. The Balaban J connectivity index is 0.000000298. The Bertz CT molecular complexity index is 821. The van der Waals surface area contributed by atoms with Gasteiger partial charge >= 0.3 is 12.1 Å². The van der Waals surface area contributed by atoms with Gasteiger partial charge in [0.1, 0.15) is 17.2 Å². The maximum absolute atomic E-state index is 10.6. The Labute approximate surface area is 168 Å². The van der Waals surface area contributed by atoms with E-state index in [2.05, 4.69) is 20.1 Å². The Morgan fingerprint density at radius 2 is 2.10 bits per heavy atom. The standard InChI is InChI=1S/C15H18N4O2S.C2HF3O2/c1-10-17-18-15(22-10)19-8-9-20-14-11(19)5-6-12(14)21-13-4-2-3-7-16-13;3-2(4,5)1(6)7/h2-4,7,11-12,14H,5-6,8-9H2,1H3;(H,6,7)/t11-,12+,14+;/m0./s1. The number of halogens is 3. The van der Waals surface area contributed by atoms with Gasteiger partial charge < -0.3 is 19.5 Å². The Kier molecular flexibility index (Phi) is 6.52. The van der Waals surface area contributed by atoms with Crippen LogP contribution in [-0.2, 0) is 9.53 Å². The molecule has 0 spiro atoms. The molecule has 2 aromatic heterocycles. The average molecular weight is 432 g/mol. The zero-order chi connectivity index (χ0) is 21.0. The number of hydrogen-bond acceptors (Lipinski definition) is 8. The van der Waals surface area contributed by atoms with Gasteiger partial charge in [-0.3, -0.25) is 0 Å². The molecule has 1 saturated carbocycles. The predicted octanol–water partition coefficient (Wildman–Crippen LogP) is 2.69. The number of pyridine rings is 1. The first-order valence-corrected chi connectivity index (χ1v) is 9.63. The van der Waals surface area contributed by atoms with E-state index in [0.29, 0.717) is 18.5 Å². The van der Waals surface area contributed by atoms with Gasteiger partial charge in [-0.05, 0) is 25.8 Å². The number of ether oxygens (including phenoxy) is 2. The lowest BCUT2D eigenvalue weighted by Crippen LogP contribution is -2.52. The monoisotopic (exact) mass is 432 g/mol. The zero-order valence-electron chi connectivity index (χ0n) is 15.4. The number of aromatic nitrogens is 3. The normalized spacial score (nSPS) is 23.7. The van der Waals surface area contributed by atoms with Crippen LogP contribution in [0.1, 0.15) is 17.8 Å². The van der Waals surface area contributed by atoms with Gasteiger partial charge in [0.05, 0.1) is 12.6 Å². The van der Waals surface area contributed by atoms with Crippen LogP contribution in [0.3, 0.4) is 0 Å². The molecule has 3 heterocycles. The van der Waals surface area contributed by atoms with Gasteiger partial charge in [-0.1, -0.05) is 17.4 Å². The fraction of sp³-hybridized carbons (Fsp3) is 0.529. The summed E-state index contributed by atoms with van der Waals surface area (Å²) in [5, 5.41) is 17.5. The minimum absolute atomic E-state index is 0.0525. The molecular weight excluding hydrogens is 413 g/mol. The van der Waals surface area contributed by atoms with Gasteiger partial charge in [0.25, 0.3) is 0 Å². The van der Waals surface area contributed by atoms with Crippen LogP contribution in [0.2, 0.25) is 0 Å². The number of fused-ring (bicyclic) bond motifs is 1. The molecule has 4 rings (SSSR count). The van der Waals surface area contributed by atoms with E-state index in [-0.39, 0.29) is 12.2 Å². The smallest absolute Gasteiger partial charge is 0.475 e. The quantitative estimate of drug-likeness (QED) is 0.791. The molecule has 2 fully saturated rings. The lowest BCUT2D eigenvalue weighted by molar-refractivity contribution is -0.192. The Morgan fingerprint density at radius 1 is 1.34 bits per heavy atom. The van der Waals surface area contributed by atoms with E-state index in [9.17, 15) is 13.2 Å². The molecular formula is C17H19F3N4O4S. The molecule has 0 bridgehead atoms. The first kappa shape index (κ1) is 21.2. The molecule has 0 amide bonds. The predicted molar refractivity (Wildman–Crippen MR) is 97.1 cm³/mol. The van der Waals surface area contributed by atoms with Crippen LogP contribution in [0, 0.1) is 6.92 Å². The van der Waals surface area contributed by atoms with Crippen molar-refractivity contribution in [3.05, 3.63) is 29.4 Å². The number of hydrogen-bond donors (Lipinski definition) is 1. The van der Waals surface area contributed by atoms with Crippen LogP contribution >= 0.6 is 11.3 Å². The number of carbonyl (C=O) groups is 1. The minimum Gasteiger partial charge on any atom is -0.475 e. The van der Waals surface area contributed by atoms with Gasteiger partial charge in [0.2, 0.25) is 11.0 Å². The molecule has 29 heavy (non-hydrogen) atoms. The van der Waals surface area contributed by atoms with Crippen LogP contribution in [0.5, 0.6) is 5.88 Å². The summed E-state index contributed by atoms with van der Waals surface area (Å²) in [7, 11) is 0. The Hall–Kier alpha value is -2.47. The summed E-state index contributed by atoms with van der Waals surface area (Å²) in [5.74, 6) is -2.09. The Morgan fingerprint density at radius 3 is 2.69 bits per heavy atom. The molecule has 1 aliphatic heterocycles. The van der Waals surface area contributed by atoms with Crippen molar-refractivity contribution in [3.8, 4) is 5.88 Å². The largest absolute Gasteiger partial charge is 0.490 e. The van der Waals surface area contributed by atoms with Gasteiger partial charge in [0.15, 0.2) is 0 Å². The summed E-state index contributed by atoms with van der Waals surface area (Å²) < 4.78 is 43.8. The van der Waals surface area contributed by atoms with Crippen molar-refractivity contribution in [1.29, 1.82) is 0 Å². The lowest BCUT2D eigenvalue weighted by Gasteiger charge is -2.38. The number of aryl methyl sites for hydroxylation is 1. The number of carboxylic acids is 1. The maximum atomic E-state index is 10.6. The van der Waals surface area contributed by atoms with Crippen LogP contribution < -0.4 is 9.64 Å². The highest BCUT2D eigenvalue weighted by molar-refractivity contribution is 7.15. The molecule has 2 aromatic rings. The summed E-state index contributed by atoms with van der Waals surface area (Å²) in [6, 6.07) is 6.03. The van der Waals surface area contributed by atoms with E-state index in [1.165, 1.54) is 0 Å². The van der Waals surface area contributed by atoms with Gasteiger partial charge in [-0.15, -0.1) is 10.2 Å². The molecule has 12 heteroatoms. The first-order chi connectivity index (χ1) is 13.8. The van der Waals surface area contributed by atoms with Gasteiger partial charge in [-0.25, -0.2) is 9.78 Å². The topological polar surface area (TPSA) is 97.7 Å². The number of aliphatic carboxylic acids is 1. The van der Waals surface area contributed by atoms with Gasteiger partial charge in [-0.2, -0.15) is 13.2 Å². The molecule has 1 aliphatic carbocycles. The fourth-order valence-electron chi connectivity index (χ4n) is 3.25. The van der Waals surface area contributed by atoms with Crippen molar-refractivity contribution in [2.45, 2.75) is 44.2 Å². The molecule has 0 unspecified atom stereocenters. The van der Waals surface area contributed by atoms with E-state index >= 15 is 0 Å². The van der Waals surface area contributed by atoms with E-state index in [1.807, 2.05) is 25.1 Å². The molecule has 1 saturated heterocycles. The third kappa shape index (κ3) is 5.32. The third-order valence-corrected chi connectivity index (χ3v) is 5.32. The van der Waals surface area contributed by atoms with E-state index in [4.69, 9.17) is 19.4 Å². The van der Waals surface area contributed by atoms with Gasteiger partial charge in [0, 0.05) is 18.8 Å². The minimum atomic E-state index is -5.08. The van der Waals surface area contributed by atoms with E-state index in [0.717, 1.165) is 29.5 Å². The number of alkyl halides is 3. The number of nitrogens with zero attached hydrogens (tertiary/aromatic N) is 4. The highest BCUT2D eigenvalue weighted by atomic mass is 32.1. The lowest BCUT2D eigenvalue weighted by atomic mass is 10.1. The molecule has 158 valence electrons. The number of carboxylic acid groups (broad SMARTS) is 1. The maximum Gasteiger partial charge on any atom is 0.490 e. The summed E-state index contributed by atoms with van der Waals surface area (Å²) in [5.41, 5.74) is 0. The number of rotatable bonds is 3. The summed E-state index contributed by atoms with van der Waals surface area (Å²) in [6.07, 6.45) is -1.20. The second-order valence-corrected chi connectivity index (χ2v) is 7.56. The molecule has 1 N–H and O–H groups in total. The average Bonchev–Trinajstić information content (AvgIpc) is 3.29. The van der Waals surface area contributed by atoms with Crippen LogP contribution in [0.15, 0.2) is 24.4 Å². The highest BCUT2D eigenvalue weighted by Crippen LogP contribution is 2.36. The van der Waals surface area contributed by atoms with Crippen LogP contribution in [0.4, 0.5) is 18.3 Å². The zero-order valence-corrected chi connectivity index (χ0v) is 16.2. The summed E-state index contributed by atoms with van der Waals surface area (Å²) in [6.45, 7) is 3.55. The van der Waals surface area contributed by atoms with Crippen molar-refractivity contribution in [2.24, 2.45) is 0 Å². The van der Waals surface area contributed by atoms with Crippen molar-refractivity contribution >= 4 is 22.4 Å². The SMILES string of the molecule is Cc1nnc(N2CCO[C@H]3[C@H](Oc4ccccn4)CC[C@@H]32)s1.O=C(O)C(F)(F)F. The molecule has 8 nitrogen and oxygen atoms in total. The highest BCUT2D eigenvalue weighted by Gasteiger charge is 2.45. The first-order valence-electron chi connectivity index (χ1n) is 8.82. The third-order valence-electron chi connectivity index (χ3n) is 4.45. The van der Waals surface area contributed by atoms with Crippen molar-refractivity contribution in [2.75, 3.05) is 18.1 Å². The molecule has 0 radical (unpaired) electrons. The molecule has 2 aliphatic rings. The van der Waals surface area contributed by atoms with Crippen molar-refractivity contribution in [3.63, 3.8) is 0 Å². The van der Waals surface area contributed by atoms with Crippen molar-refractivity contribution < 1.29 is 32.5 Å². The fourth-order valence-corrected chi connectivity index (χ4v) is 4.02. The van der Waals surface area contributed by atoms with E-state index < -0.39 is 12.1 Å².